The van der Waals surface area contributed by atoms with Crippen LogP contribution in [-0.2, 0) is 6.54 Å². The fourth-order valence-corrected chi connectivity index (χ4v) is 3.26. The molecule has 1 rings (SSSR count). The Hall–Kier alpha value is -0.643. The van der Waals surface area contributed by atoms with Crippen molar-refractivity contribution in [2.75, 3.05) is 33.7 Å². The second-order valence-corrected chi connectivity index (χ2v) is 8.17. The summed E-state index contributed by atoms with van der Waals surface area (Å²) in [6.07, 6.45) is 8.25. The van der Waals surface area contributed by atoms with E-state index in [1.807, 2.05) is 0 Å². The Bertz CT molecular complexity index is 365. The van der Waals surface area contributed by atoms with Gasteiger partial charge in [0.25, 0.3) is 0 Å². The number of quaternary nitrogens is 1. The van der Waals surface area contributed by atoms with Crippen molar-refractivity contribution < 1.29 is 4.48 Å². The van der Waals surface area contributed by atoms with Crippen LogP contribution in [0.25, 0.3) is 0 Å². The van der Waals surface area contributed by atoms with Gasteiger partial charge in [0.05, 0.1) is 20.6 Å². The predicted octanol–water partition coefficient (Wildman–Crippen LogP) is 2.98. The molecule has 3 heteroatoms. The van der Waals surface area contributed by atoms with Crippen molar-refractivity contribution in [3.8, 4) is 0 Å². The van der Waals surface area contributed by atoms with Gasteiger partial charge >= 0.3 is 0 Å². The van der Waals surface area contributed by atoms with E-state index in [9.17, 15) is 0 Å². The van der Waals surface area contributed by atoms with Crippen molar-refractivity contribution in [2.45, 2.75) is 51.1 Å². The molecule has 0 aliphatic carbocycles. The van der Waals surface area contributed by atoms with Crippen LogP contribution in [0.2, 0.25) is 6.04 Å². The molecule has 0 spiro atoms. The van der Waals surface area contributed by atoms with Crippen LogP contribution in [-0.4, -0.2) is 48.5 Å². The van der Waals surface area contributed by atoms with Crippen LogP contribution in [0.5, 0.6) is 0 Å². The van der Waals surface area contributed by atoms with Gasteiger partial charge in [-0.25, -0.2) is 0 Å². The van der Waals surface area contributed by atoms with Crippen LogP contribution in [0.15, 0.2) is 30.3 Å². The lowest BCUT2D eigenvalue weighted by atomic mass is 10.1. The summed E-state index contributed by atoms with van der Waals surface area (Å²) in [5.74, 6) is 0. The molecular formula is C19H37N2Si+. The molecule has 0 fully saturated rings. The molecule has 22 heavy (non-hydrogen) atoms. The van der Waals surface area contributed by atoms with Gasteiger partial charge < -0.3 is 9.80 Å². The first-order valence-corrected chi connectivity index (χ1v) is 10.6. The average Bonchev–Trinajstić information content (AvgIpc) is 2.49. The largest absolute Gasteiger partial charge is 0.325 e. The van der Waals surface area contributed by atoms with E-state index in [-0.39, 0.29) is 0 Å². The van der Waals surface area contributed by atoms with E-state index >= 15 is 0 Å². The second-order valence-electron chi connectivity index (χ2n) is 7.17. The van der Waals surface area contributed by atoms with Crippen molar-refractivity contribution in [3.63, 3.8) is 0 Å². The van der Waals surface area contributed by atoms with Gasteiger partial charge in [-0.05, 0) is 38.8 Å². The summed E-state index contributed by atoms with van der Waals surface area (Å²) < 4.78 is 1.10. The minimum absolute atomic E-state index is 1.10. The van der Waals surface area contributed by atoms with Crippen molar-refractivity contribution in [2.24, 2.45) is 0 Å². The van der Waals surface area contributed by atoms with E-state index < -0.39 is 0 Å². The third-order valence-corrected chi connectivity index (χ3v) is 4.98. The van der Waals surface area contributed by atoms with Gasteiger partial charge in [-0.1, -0.05) is 49.2 Å². The number of unbranched alkanes of at least 4 members (excludes halogenated alkanes) is 4. The molecule has 0 saturated heterocycles. The first-order chi connectivity index (χ1) is 10.6. The highest BCUT2D eigenvalue weighted by Gasteiger charge is 2.14. The lowest BCUT2D eigenvalue weighted by molar-refractivity contribution is -0.903. The molecule has 1 aromatic carbocycles. The number of nitrogens with zero attached hydrogens (tertiary/aromatic N) is 1. The molecule has 2 nitrogen and oxygen atoms in total. The molecule has 0 atom stereocenters. The van der Waals surface area contributed by atoms with E-state index in [1.165, 1.54) is 80.0 Å². The number of rotatable bonds is 13. The molecule has 0 unspecified atom stereocenters. The number of benzene rings is 1. The third kappa shape index (κ3) is 10.1. The minimum Gasteiger partial charge on any atom is -0.325 e. The van der Waals surface area contributed by atoms with Crippen molar-refractivity contribution in [1.29, 1.82) is 0 Å². The molecule has 0 bridgehead atoms. The Morgan fingerprint density at radius 1 is 0.864 bits per heavy atom. The van der Waals surface area contributed by atoms with E-state index in [2.05, 4.69) is 49.7 Å². The summed E-state index contributed by atoms with van der Waals surface area (Å²) in [6.45, 7) is 4.88. The Kier molecular flexibility index (Phi) is 10.5. The monoisotopic (exact) mass is 321 g/mol. The smallest absolute Gasteiger partial charge is 0.104 e. The molecule has 126 valence electrons. The van der Waals surface area contributed by atoms with Crippen molar-refractivity contribution >= 4 is 10.2 Å². The second kappa shape index (κ2) is 11.9. The average molecular weight is 322 g/mol. The lowest BCUT2D eigenvalue weighted by Gasteiger charge is -2.30. The fraction of sp³-hybridized carbons (Fsp3) is 0.684. The summed E-state index contributed by atoms with van der Waals surface area (Å²) in [5.41, 5.74) is 1.45. The zero-order valence-corrected chi connectivity index (χ0v) is 17.1. The molecule has 0 aliphatic heterocycles. The van der Waals surface area contributed by atoms with E-state index in [0.717, 1.165) is 11.0 Å². The van der Waals surface area contributed by atoms with Gasteiger partial charge in [0.2, 0.25) is 0 Å². The highest BCUT2D eigenvalue weighted by Crippen LogP contribution is 2.12. The zero-order valence-electron chi connectivity index (χ0n) is 15.1. The fourth-order valence-electron chi connectivity index (χ4n) is 2.90. The van der Waals surface area contributed by atoms with Gasteiger partial charge in [-0.2, -0.15) is 0 Å². The summed E-state index contributed by atoms with van der Waals surface area (Å²) in [5, 5.41) is 3.55. The molecule has 0 amide bonds. The summed E-state index contributed by atoms with van der Waals surface area (Å²) in [7, 11) is 6.07. The first-order valence-electron chi connectivity index (χ1n) is 9.21. The van der Waals surface area contributed by atoms with Gasteiger partial charge in [0.1, 0.15) is 6.54 Å². The topological polar surface area (TPSA) is 12.0 Å². The SMILES string of the molecule is C[N+](C)(CCCCCCCNCCC[SiH3])Cc1ccccc1. The molecule has 0 radical (unpaired) electrons. The molecule has 1 N–H and O–H groups in total. The molecule has 0 heterocycles. The highest BCUT2D eigenvalue weighted by molar-refractivity contribution is 6.08. The van der Waals surface area contributed by atoms with Gasteiger partial charge in [-0.15, -0.1) is 0 Å². The van der Waals surface area contributed by atoms with Crippen LogP contribution >= 0.6 is 0 Å². The summed E-state index contributed by atoms with van der Waals surface area (Å²) >= 11 is 0. The molecule has 0 saturated carbocycles. The van der Waals surface area contributed by atoms with E-state index in [4.69, 9.17) is 0 Å². The van der Waals surface area contributed by atoms with Gasteiger partial charge in [-0.3, -0.25) is 0 Å². The Morgan fingerprint density at radius 3 is 2.23 bits per heavy atom. The Labute approximate surface area is 141 Å². The normalized spacial score (nSPS) is 11.9. The molecular weight excluding hydrogens is 284 g/mol. The maximum atomic E-state index is 3.55. The molecule has 0 aliphatic rings. The van der Waals surface area contributed by atoms with Crippen LogP contribution in [0, 0.1) is 0 Å². The Balaban J connectivity index is 1.99. The predicted molar refractivity (Wildman–Crippen MR) is 102 cm³/mol. The van der Waals surface area contributed by atoms with E-state index in [1.54, 1.807) is 0 Å². The summed E-state index contributed by atoms with van der Waals surface area (Å²) in [4.78, 5) is 0. The van der Waals surface area contributed by atoms with Crippen LogP contribution < -0.4 is 5.32 Å². The lowest BCUT2D eigenvalue weighted by Crippen LogP contribution is -2.39. The quantitative estimate of drug-likeness (QED) is 0.335. The van der Waals surface area contributed by atoms with Crippen molar-refractivity contribution in [1.82, 2.24) is 5.32 Å². The zero-order chi connectivity index (χ0) is 16.1. The van der Waals surface area contributed by atoms with Crippen LogP contribution in [0.3, 0.4) is 0 Å². The van der Waals surface area contributed by atoms with Gasteiger partial charge in [0, 0.05) is 15.8 Å². The van der Waals surface area contributed by atoms with Gasteiger partial charge in [0.15, 0.2) is 0 Å². The minimum atomic E-state index is 1.10. The van der Waals surface area contributed by atoms with Crippen LogP contribution in [0.1, 0.15) is 44.1 Å². The number of nitrogens with one attached hydrogen (secondary N) is 1. The number of hydrogen-bond acceptors (Lipinski definition) is 1. The highest BCUT2D eigenvalue weighted by atomic mass is 28.1. The third-order valence-electron chi connectivity index (χ3n) is 4.28. The van der Waals surface area contributed by atoms with Crippen molar-refractivity contribution in [3.05, 3.63) is 35.9 Å². The molecule has 1 aromatic rings. The van der Waals surface area contributed by atoms with E-state index in [0.29, 0.717) is 0 Å². The standard InChI is InChI=1S/C19H37N2Si/c1-21(2,18-19-12-7-6-8-13-19)16-10-5-3-4-9-14-20-15-11-17-22/h6-8,12-13,20H,3-5,9-11,14-18H2,1-2,22H3/q+1. The summed E-state index contributed by atoms with van der Waals surface area (Å²) in [6, 6.07) is 12.3. The first kappa shape index (κ1) is 19.4. The maximum Gasteiger partial charge on any atom is 0.104 e. The maximum absolute atomic E-state index is 3.55. The molecule has 0 aromatic heterocycles. The Morgan fingerprint density at radius 2 is 1.50 bits per heavy atom. The van der Waals surface area contributed by atoms with Crippen LogP contribution in [0.4, 0.5) is 0 Å². The number of hydrogen-bond donors (Lipinski definition) is 1.